The van der Waals surface area contributed by atoms with Gasteiger partial charge < -0.3 is 29.8 Å². The fourth-order valence-corrected chi connectivity index (χ4v) is 4.39. The van der Waals surface area contributed by atoms with E-state index in [0.717, 1.165) is 4.90 Å². The van der Waals surface area contributed by atoms with E-state index in [1.54, 1.807) is 18.2 Å². The Balaban J connectivity index is 1.60. The van der Waals surface area contributed by atoms with E-state index in [-0.39, 0.29) is 42.5 Å². The smallest absolute Gasteiger partial charge is 0.293 e. The molecule has 0 spiro atoms. The van der Waals surface area contributed by atoms with E-state index in [2.05, 4.69) is 10.6 Å². The minimum absolute atomic E-state index is 0.00357. The highest BCUT2D eigenvalue weighted by molar-refractivity contribution is 6.43. The molecule has 0 saturated heterocycles. The fraction of sp³-hybridized carbons (Fsp3) is 0.296. The molecule has 2 aromatic rings. The zero-order valence-electron chi connectivity index (χ0n) is 21.7. The molecule has 13 heteroatoms. The zero-order chi connectivity index (χ0) is 29.0. The number of ketones is 2. The summed E-state index contributed by atoms with van der Waals surface area (Å²) in [4.78, 5) is 90.1. The first-order valence-corrected chi connectivity index (χ1v) is 12.3. The summed E-state index contributed by atoms with van der Waals surface area (Å²) < 4.78 is 10.5. The number of carbonyl (C=O) groups excluding carboxylic acids is 7. The molecule has 2 aromatic carbocycles. The Bertz CT molecular complexity index is 1410. The highest BCUT2D eigenvalue weighted by Crippen LogP contribution is 2.34. The number of ether oxygens (including phenoxy) is 2. The van der Waals surface area contributed by atoms with Gasteiger partial charge in [0.1, 0.15) is 24.7 Å². The molecule has 0 radical (unpaired) electrons. The van der Waals surface area contributed by atoms with Crippen LogP contribution in [-0.4, -0.2) is 73.4 Å². The van der Waals surface area contributed by atoms with E-state index < -0.39 is 48.0 Å². The number of nitrogens with one attached hydrogen (secondary N) is 2. The predicted molar refractivity (Wildman–Crippen MR) is 139 cm³/mol. The Morgan fingerprint density at radius 2 is 1.73 bits per heavy atom. The van der Waals surface area contributed by atoms with Crippen molar-refractivity contribution >= 4 is 52.9 Å². The third-order valence-corrected chi connectivity index (χ3v) is 6.24. The van der Waals surface area contributed by atoms with E-state index in [1.807, 2.05) is 0 Å². The molecular weight excluding hydrogens is 524 g/mol. The van der Waals surface area contributed by atoms with Gasteiger partial charge in [-0.25, -0.2) is 0 Å². The number of fused-ring (bicyclic) bond motifs is 2. The van der Waals surface area contributed by atoms with E-state index in [0.29, 0.717) is 17.7 Å². The van der Waals surface area contributed by atoms with Crippen molar-refractivity contribution in [3.63, 3.8) is 0 Å². The number of rotatable bonds is 9. The first-order chi connectivity index (χ1) is 19.1. The molecule has 0 aliphatic carbocycles. The number of hydrogen-bond acceptors (Lipinski definition) is 9. The topological polar surface area (TPSA) is 168 Å². The number of nitrogens with zero attached hydrogens (tertiary/aromatic N) is 2. The molecule has 2 aliphatic heterocycles. The highest BCUT2D eigenvalue weighted by atomic mass is 16.7. The lowest BCUT2D eigenvalue weighted by Crippen LogP contribution is -2.55. The first-order valence-electron chi connectivity index (χ1n) is 12.3. The van der Waals surface area contributed by atoms with Gasteiger partial charge in [-0.05, 0) is 37.3 Å². The largest absolute Gasteiger partial charge is 0.454 e. The van der Waals surface area contributed by atoms with E-state index >= 15 is 0 Å². The number of benzene rings is 2. The van der Waals surface area contributed by atoms with Gasteiger partial charge >= 0.3 is 0 Å². The summed E-state index contributed by atoms with van der Waals surface area (Å²) in [7, 11) is 0. The molecule has 0 bridgehead atoms. The van der Waals surface area contributed by atoms with Gasteiger partial charge in [-0.15, -0.1) is 0 Å². The molecule has 4 amide bonds. The van der Waals surface area contributed by atoms with Gasteiger partial charge in [0.15, 0.2) is 11.5 Å². The molecule has 0 unspecified atom stereocenters. The molecule has 2 N–H and O–H groups in total. The van der Waals surface area contributed by atoms with Crippen LogP contribution in [0.5, 0.6) is 11.5 Å². The lowest BCUT2D eigenvalue weighted by atomic mass is 10.1. The number of hydrogen-bond donors (Lipinski definition) is 2. The minimum atomic E-state index is -1.41. The van der Waals surface area contributed by atoms with E-state index in [4.69, 9.17) is 9.47 Å². The van der Waals surface area contributed by atoms with Crippen molar-refractivity contribution in [3.8, 4) is 11.5 Å². The Hall–Kier alpha value is -5.07. The number of carbonyl (C=O) groups is 7. The van der Waals surface area contributed by atoms with Crippen LogP contribution in [0.1, 0.15) is 30.6 Å². The predicted octanol–water partition coefficient (Wildman–Crippen LogP) is 0.145. The Morgan fingerprint density at radius 3 is 2.40 bits per heavy atom. The molecule has 2 heterocycles. The van der Waals surface area contributed by atoms with Crippen LogP contribution in [0, 0.1) is 0 Å². The van der Waals surface area contributed by atoms with Gasteiger partial charge in [-0.1, -0.05) is 12.1 Å². The van der Waals surface area contributed by atoms with Crippen LogP contribution in [0.4, 0.5) is 11.4 Å². The number of para-hydroxylation sites is 2. The Morgan fingerprint density at radius 1 is 1.02 bits per heavy atom. The molecule has 0 fully saturated rings. The van der Waals surface area contributed by atoms with E-state index in [9.17, 15) is 33.6 Å². The fourth-order valence-electron chi connectivity index (χ4n) is 4.39. The van der Waals surface area contributed by atoms with Gasteiger partial charge in [0, 0.05) is 18.9 Å². The summed E-state index contributed by atoms with van der Waals surface area (Å²) in [6.07, 6.45) is 0.193. The van der Waals surface area contributed by atoms with Crippen molar-refractivity contribution < 1.29 is 43.0 Å². The lowest BCUT2D eigenvalue weighted by Gasteiger charge is -2.25. The standard InChI is InChI=1S/C27H26N4O9/c1-15(33)9-18(13-32)28-24(35)12-31-21-6-4-3-5-20(21)30(16(2)34)11-19(27(31)38)29-26(37)25(36)17-7-8-22-23(10-17)40-14-39-22/h3-8,10,13,18-19H,9,11-12,14H2,1-2H3,(H,28,35)(H,29,37)/t18-,19-/m0/s1. The van der Waals surface area contributed by atoms with Gasteiger partial charge in [-0.3, -0.25) is 33.7 Å². The van der Waals surface area contributed by atoms with Gasteiger partial charge in [-0.2, -0.15) is 0 Å². The monoisotopic (exact) mass is 550 g/mol. The molecule has 2 atom stereocenters. The SMILES string of the molecule is CC(=O)C[C@@H](C=O)NC(=O)CN1C(=O)[C@@H](NC(=O)C(=O)c2ccc3c(c2)OCO3)CN(C(C)=O)c2ccccc21. The normalized spacial score (nSPS) is 16.4. The van der Waals surface area contributed by atoms with Gasteiger partial charge in [0.05, 0.1) is 24.0 Å². The van der Waals surface area contributed by atoms with Crippen molar-refractivity contribution in [2.24, 2.45) is 0 Å². The second-order valence-corrected chi connectivity index (χ2v) is 9.18. The molecule has 2 aliphatic rings. The molecule has 13 nitrogen and oxygen atoms in total. The highest BCUT2D eigenvalue weighted by Gasteiger charge is 2.38. The van der Waals surface area contributed by atoms with Crippen LogP contribution in [0.15, 0.2) is 42.5 Å². The number of aldehydes is 1. The van der Waals surface area contributed by atoms with Crippen molar-refractivity contribution in [1.29, 1.82) is 0 Å². The quantitative estimate of drug-likeness (QED) is 0.251. The Labute approximate surface area is 228 Å². The zero-order valence-corrected chi connectivity index (χ0v) is 21.7. The molecule has 0 aromatic heterocycles. The Kier molecular flexibility index (Phi) is 8.22. The van der Waals surface area contributed by atoms with Crippen LogP contribution in [0.25, 0.3) is 0 Å². The molecule has 40 heavy (non-hydrogen) atoms. The summed E-state index contributed by atoms with van der Waals surface area (Å²) in [5.74, 6) is -3.65. The van der Waals surface area contributed by atoms with Gasteiger partial charge in [0.25, 0.3) is 11.8 Å². The maximum absolute atomic E-state index is 13.7. The van der Waals surface area contributed by atoms with E-state index in [1.165, 1.54) is 43.0 Å². The molecule has 208 valence electrons. The molecular formula is C27H26N4O9. The third-order valence-electron chi connectivity index (χ3n) is 6.24. The third kappa shape index (κ3) is 5.98. The second kappa shape index (κ2) is 11.8. The number of amides is 4. The summed E-state index contributed by atoms with van der Waals surface area (Å²) in [5.41, 5.74) is 0.493. The van der Waals surface area contributed by atoms with Crippen molar-refractivity contribution in [2.45, 2.75) is 32.4 Å². The lowest BCUT2D eigenvalue weighted by molar-refractivity contribution is -0.128. The number of Topliss-reactive ketones (excluding diaryl/α,β-unsaturated/α-hetero) is 2. The van der Waals surface area contributed by atoms with Crippen molar-refractivity contribution in [3.05, 3.63) is 48.0 Å². The molecule has 4 rings (SSSR count). The summed E-state index contributed by atoms with van der Waals surface area (Å²) in [6.45, 7) is 1.61. The van der Waals surface area contributed by atoms with Crippen LogP contribution >= 0.6 is 0 Å². The average Bonchev–Trinajstić information content (AvgIpc) is 3.36. The maximum atomic E-state index is 13.7. The molecule has 0 saturated carbocycles. The summed E-state index contributed by atoms with van der Waals surface area (Å²) in [5, 5.41) is 4.80. The number of anilines is 2. The van der Waals surface area contributed by atoms with Crippen molar-refractivity contribution in [2.75, 3.05) is 29.7 Å². The average molecular weight is 551 g/mol. The van der Waals surface area contributed by atoms with Crippen LogP contribution in [0.3, 0.4) is 0 Å². The van der Waals surface area contributed by atoms with Crippen molar-refractivity contribution in [1.82, 2.24) is 10.6 Å². The second-order valence-electron chi connectivity index (χ2n) is 9.18. The first kappa shape index (κ1) is 28.0. The van der Waals surface area contributed by atoms with Crippen LogP contribution in [-0.2, 0) is 28.8 Å². The summed E-state index contributed by atoms with van der Waals surface area (Å²) in [6, 6.07) is 8.02. The minimum Gasteiger partial charge on any atom is -0.454 e. The van der Waals surface area contributed by atoms with Crippen LogP contribution in [0.2, 0.25) is 0 Å². The summed E-state index contributed by atoms with van der Waals surface area (Å²) >= 11 is 0. The maximum Gasteiger partial charge on any atom is 0.293 e. The van der Waals surface area contributed by atoms with Gasteiger partial charge in [0.2, 0.25) is 24.4 Å². The van der Waals surface area contributed by atoms with Crippen LogP contribution < -0.4 is 29.9 Å².